The van der Waals surface area contributed by atoms with E-state index in [-0.39, 0.29) is 19.1 Å². The summed E-state index contributed by atoms with van der Waals surface area (Å²) >= 11 is 0. The Morgan fingerprint density at radius 3 is 2.26 bits per heavy atom. The number of hydrogen-bond donors (Lipinski definition) is 3. The van der Waals surface area contributed by atoms with Crippen LogP contribution in [0.15, 0.2) is 30.3 Å². The first kappa shape index (κ1) is 17.6. The lowest BCUT2D eigenvalue weighted by atomic mass is 10.2. The lowest BCUT2D eigenvalue weighted by Gasteiger charge is -2.10. The quantitative estimate of drug-likeness (QED) is 0.720. The van der Waals surface area contributed by atoms with Crippen molar-refractivity contribution in [3.05, 3.63) is 35.9 Å². The molecule has 1 rings (SSSR count). The fraction of sp³-hybridized carbons (Fsp3) is 0.500. The van der Waals surface area contributed by atoms with Gasteiger partial charge in [0, 0.05) is 0 Å². The highest BCUT2D eigenvalue weighted by Gasteiger charge is 2.00. The first-order valence-corrected chi connectivity index (χ1v) is 6.12. The molecule has 0 aliphatic rings. The Morgan fingerprint density at radius 2 is 1.84 bits per heavy atom. The SMILES string of the molecule is CC(O)COC(C)CO.O=C(O)Cc1ccccc1. The number of carboxylic acids is 1. The van der Waals surface area contributed by atoms with Crippen molar-refractivity contribution in [3.63, 3.8) is 0 Å². The van der Waals surface area contributed by atoms with E-state index < -0.39 is 12.1 Å². The zero-order valence-electron chi connectivity index (χ0n) is 11.3. The molecule has 2 atom stereocenters. The van der Waals surface area contributed by atoms with Crippen molar-refractivity contribution < 1.29 is 24.9 Å². The number of hydrogen-bond acceptors (Lipinski definition) is 4. The van der Waals surface area contributed by atoms with Crippen molar-refractivity contribution >= 4 is 5.97 Å². The Kier molecular flexibility index (Phi) is 9.70. The zero-order chi connectivity index (χ0) is 14.7. The highest BCUT2D eigenvalue weighted by atomic mass is 16.5. The van der Waals surface area contributed by atoms with Gasteiger partial charge in [-0.1, -0.05) is 30.3 Å². The Balaban J connectivity index is 0.000000344. The minimum atomic E-state index is -0.786. The van der Waals surface area contributed by atoms with E-state index >= 15 is 0 Å². The van der Waals surface area contributed by atoms with E-state index in [1.54, 1.807) is 26.0 Å². The van der Waals surface area contributed by atoms with Gasteiger partial charge in [-0.05, 0) is 19.4 Å². The van der Waals surface area contributed by atoms with Crippen LogP contribution in [-0.4, -0.2) is 46.7 Å². The van der Waals surface area contributed by atoms with Crippen LogP contribution >= 0.6 is 0 Å². The molecular formula is C14H22O5. The van der Waals surface area contributed by atoms with Gasteiger partial charge in [-0.15, -0.1) is 0 Å². The molecule has 108 valence electrons. The van der Waals surface area contributed by atoms with Gasteiger partial charge >= 0.3 is 5.97 Å². The molecule has 0 bridgehead atoms. The van der Waals surface area contributed by atoms with Gasteiger partial charge in [0.2, 0.25) is 0 Å². The molecule has 5 nitrogen and oxygen atoms in total. The molecule has 19 heavy (non-hydrogen) atoms. The lowest BCUT2D eigenvalue weighted by molar-refractivity contribution is -0.136. The van der Waals surface area contributed by atoms with Crippen LogP contribution < -0.4 is 0 Å². The summed E-state index contributed by atoms with van der Waals surface area (Å²) in [6.07, 6.45) is -0.500. The van der Waals surface area contributed by atoms with Crippen molar-refractivity contribution in [2.75, 3.05) is 13.2 Å². The van der Waals surface area contributed by atoms with E-state index in [0.717, 1.165) is 5.56 Å². The summed E-state index contributed by atoms with van der Waals surface area (Å²) in [4.78, 5) is 10.2. The Hall–Kier alpha value is -1.43. The highest BCUT2D eigenvalue weighted by molar-refractivity contribution is 5.70. The maximum Gasteiger partial charge on any atom is 0.307 e. The van der Waals surface area contributed by atoms with E-state index in [1.807, 2.05) is 18.2 Å². The molecule has 0 aliphatic carbocycles. The topological polar surface area (TPSA) is 87.0 Å². The van der Waals surface area contributed by atoms with E-state index in [9.17, 15) is 4.79 Å². The van der Waals surface area contributed by atoms with E-state index in [0.29, 0.717) is 6.61 Å². The summed E-state index contributed by atoms with van der Waals surface area (Å²) in [5.41, 5.74) is 0.843. The molecular weight excluding hydrogens is 248 g/mol. The molecule has 1 aromatic rings. The zero-order valence-corrected chi connectivity index (χ0v) is 11.3. The molecule has 0 heterocycles. The number of benzene rings is 1. The first-order chi connectivity index (χ1) is 8.95. The number of ether oxygens (including phenoxy) is 1. The molecule has 0 aliphatic heterocycles. The van der Waals surface area contributed by atoms with Crippen LogP contribution in [0.25, 0.3) is 0 Å². The van der Waals surface area contributed by atoms with E-state index in [1.165, 1.54) is 0 Å². The third-order valence-corrected chi connectivity index (χ3v) is 2.08. The summed E-state index contributed by atoms with van der Waals surface area (Å²) in [5, 5.41) is 25.5. The number of aliphatic hydroxyl groups excluding tert-OH is 2. The summed E-state index contributed by atoms with van der Waals surface area (Å²) < 4.78 is 4.95. The van der Waals surface area contributed by atoms with Crippen molar-refractivity contribution in [2.24, 2.45) is 0 Å². The highest BCUT2D eigenvalue weighted by Crippen LogP contribution is 1.98. The third-order valence-electron chi connectivity index (χ3n) is 2.08. The van der Waals surface area contributed by atoms with Crippen molar-refractivity contribution in [1.82, 2.24) is 0 Å². The predicted octanol–water partition coefficient (Wildman–Crippen LogP) is 1.08. The average Bonchev–Trinajstić information content (AvgIpc) is 2.37. The number of aliphatic hydroxyl groups is 2. The molecule has 5 heteroatoms. The monoisotopic (exact) mass is 270 g/mol. The van der Waals surface area contributed by atoms with Crippen LogP contribution in [0, 0.1) is 0 Å². The van der Waals surface area contributed by atoms with Crippen molar-refractivity contribution in [2.45, 2.75) is 32.5 Å². The average molecular weight is 270 g/mol. The number of carbonyl (C=O) groups is 1. The maximum atomic E-state index is 10.2. The van der Waals surface area contributed by atoms with Crippen LogP contribution in [0.1, 0.15) is 19.4 Å². The van der Waals surface area contributed by atoms with Crippen LogP contribution in [0.3, 0.4) is 0 Å². The fourth-order valence-electron chi connectivity index (χ4n) is 1.13. The smallest absolute Gasteiger partial charge is 0.307 e. The van der Waals surface area contributed by atoms with Gasteiger partial charge in [0.15, 0.2) is 0 Å². The predicted molar refractivity (Wildman–Crippen MR) is 72.0 cm³/mol. The second-order valence-electron chi connectivity index (χ2n) is 4.23. The molecule has 2 unspecified atom stereocenters. The normalized spacial score (nSPS) is 13.1. The molecule has 0 radical (unpaired) electrons. The summed E-state index contributed by atoms with van der Waals surface area (Å²) in [6.45, 7) is 3.70. The van der Waals surface area contributed by atoms with Crippen LogP contribution in [-0.2, 0) is 16.0 Å². The van der Waals surface area contributed by atoms with Gasteiger partial charge in [0.1, 0.15) is 0 Å². The number of carboxylic acid groups (broad SMARTS) is 1. The molecule has 0 saturated heterocycles. The van der Waals surface area contributed by atoms with Crippen molar-refractivity contribution in [1.29, 1.82) is 0 Å². The van der Waals surface area contributed by atoms with Crippen LogP contribution in [0.4, 0.5) is 0 Å². The molecule has 3 N–H and O–H groups in total. The minimum Gasteiger partial charge on any atom is -0.481 e. The Labute approximate surface area is 113 Å². The van der Waals surface area contributed by atoms with Gasteiger partial charge in [-0.25, -0.2) is 0 Å². The van der Waals surface area contributed by atoms with E-state index in [2.05, 4.69) is 0 Å². The molecule has 0 aromatic heterocycles. The Bertz CT molecular complexity index is 337. The second kappa shape index (κ2) is 10.5. The summed E-state index contributed by atoms with van der Waals surface area (Å²) in [6, 6.07) is 9.13. The second-order valence-corrected chi connectivity index (χ2v) is 4.23. The first-order valence-electron chi connectivity index (χ1n) is 6.12. The minimum absolute atomic E-state index is 0.00667. The van der Waals surface area contributed by atoms with Gasteiger partial charge in [0.25, 0.3) is 0 Å². The molecule has 0 fully saturated rings. The lowest BCUT2D eigenvalue weighted by Crippen LogP contribution is -2.19. The largest absolute Gasteiger partial charge is 0.481 e. The molecule has 0 amide bonds. The number of rotatable bonds is 6. The van der Waals surface area contributed by atoms with Crippen molar-refractivity contribution in [3.8, 4) is 0 Å². The van der Waals surface area contributed by atoms with Gasteiger partial charge in [-0.2, -0.15) is 0 Å². The van der Waals surface area contributed by atoms with Gasteiger partial charge in [-0.3, -0.25) is 4.79 Å². The number of aliphatic carboxylic acids is 1. The maximum absolute atomic E-state index is 10.2. The fourth-order valence-corrected chi connectivity index (χ4v) is 1.13. The molecule has 0 spiro atoms. The Morgan fingerprint density at radius 1 is 1.26 bits per heavy atom. The summed E-state index contributed by atoms with van der Waals surface area (Å²) in [5.74, 6) is -0.786. The van der Waals surface area contributed by atoms with Gasteiger partial charge < -0.3 is 20.1 Å². The van der Waals surface area contributed by atoms with E-state index in [4.69, 9.17) is 20.1 Å². The van der Waals surface area contributed by atoms with Crippen LogP contribution in [0.5, 0.6) is 0 Å². The molecule has 1 aromatic carbocycles. The van der Waals surface area contributed by atoms with Crippen LogP contribution in [0.2, 0.25) is 0 Å². The van der Waals surface area contributed by atoms with Gasteiger partial charge in [0.05, 0.1) is 31.8 Å². The summed E-state index contributed by atoms with van der Waals surface area (Å²) in [7, 11) is 0. The standard InChI is InChI=1S/C8H8O2.C6H14O3/c9-8(10)6-7-4-2-1-3-5-7;1-5(8)4-9-6(2)3-7/h1-5H,6H2,(H,9,10);5-8H,3-4H2,1-2H3. The third kappa shape index (κ3) is 11.4. The molecule has 0 saturated carbocycles.